The normalized spacial score (nSPS) is 19.3. The molecule has 1 saturated heterocycles. The van der Waals surface area contributed by atoms with E-state index >= 15 is 4.39 Å². The average molecular weight is 494 g/mol. The van der Waals surface area contributed by atoms with Crippen LogP contribution in [-0.4, -0.2) is 52.7 Å². The molecule has 2 aromatic heterocycles. The molecule has 0 amide bonds. The lowest BCUT2D eigenvalue weighted by Crippen LogP contribution is -2.41. The predicted molar refractivity (Wildman–Crippen MR) is 139 cm³/mol. The molecule has 0 radical (unpaired) electrons. The molecule has 4 rings (SSSR count). The van der Waals surface area contributed by atoms with Gasteiger partial charge in [0, 0.05) is 36.9 Å². The molecule has 3 aromatic rings. The number of likely N-dealkylation sites (tertiary alicyclic amines) is 1. The molecule has 6 nitrogen and oxygen atoms in total. The molecule has 1 aromatic carbocycles. The Morgan fingerprint density at radius 3 is 2.89 bits per heavy atom. The number of fused-ring (bicyclic) bond motifs is 1. The minimum atomic E-state index is -1.10. The number of aryl methyl sites for hydroxylation is 1. The van der Waals surface area contributed by atoms with Crippen molar-refractivity contribution in [2.75, 3.05) is 26.7 Å². The number of aromatic nitrogens is 2. The number of carboxylic acids is 1. The van der Waals surface area contributed by atoms with Gasteiger partial charge < -0.3 is 14.7 Å². The molecule has 0 aliphatic carbocycles. The van der Waals surface area contributed by atoms with E-state index in [9.17, 15) is 9.90 Å². The molecule has 1 aliphatic rings. The molecule has 0 spiro atoms. The number of carbonyl (C=O) groups is 1. The second-order valence-corrected chi connectivity index (χ2v) is 9.83. The number of rotatable bonds is 12. The lowest BCUT2D eigenvalue weighted by Gasteiger charge is -2.39. The summed E-state index contributed by atoms with van der Waals surface area (Å²) in [6, 6.07) is 11.4. The predicted octanol–water partition coefficient (Wildman–Crippen LogP) is 5.86. The zero-order valence-electron chi connectivity index (χ0n) is 21.0. The minimum absolute atomic E-state index is 0.165. The second-order valence-electron chi connectivity index (χ2n) is 9.83. The molecule has 1 N–H and O–H groups in total. The summed E-state index contributed by atoms with van der Waals surface area (Å²) in [5.41, 5.74) is 2.65. The van der Waals surface area contributed by atoms with E-state index in [0.717, 1.165) is 56.2 Å². The summed E-state index contributed by atoms with van der Waals surface area (Å²) in [5.74, 6) is 0.533. The average Bonchev–Trinajstić information content (AvgIpc) is 2.91. The van der Waals surface area contributed by atoms with E-state index in [4.69, 9.17) is 4.74 Å². The Morgan fingerprint density at radius 2 is 2.11 bits per heavy atom. The molecule has 0 saturated carbocycles. The topological polar surface area (TPSA) is 75.5 Å². The Labute approximate surface area is 212 Å². The number of halogens is 1. The Balaban J connectivity index is 1.35. The van der Waals surface area contributed by atoms with Crippen LogP contribution >= 0.6 is 0 Å². The first-order valence-electron chi connectivity index (χ1n) is 12.9. The molecule has 1 fully saturated rings. The first-order valence-corrected chi connectivity index (χ1v) is 12.9. The van der Waals surface area contributed by atoms with Crippen LogP contribution in [0.5, 0.6) is 5.75 Å². The number of nitrogens with zero attached hydrogens (tertiary/aromatic N) is 3. The number of hydrogen-bond donors (Lipinski definition) is 1. The van der Waals surface area contributed by atoms with Crippen LogP contribution in [0.25, 0.3) is 10.9 Å². The number of alkyl halides is 1. The van der Waals surface area contributed by atoms with Gasteiger partial charge in [0.05, 0.1) is 12.6 Å². The van der Waals surface area contributed by atoms with Crippen molar-refractivity contribution in [1.29, 1.82) is 0 Å². The number of aliphatic carboxylic acids is 1. The Morgan fingerprint density at radius 1 is 1.22 bits per heavy atom. The van der Waals surface area contributed by atoms with Crippen molar-refractivity contribution in [3.63, 3.8) is 0 Å². The molecule has 3 atom stereocenters. The summed E-state index contributed by atoms with van der Waals surface area (Å²) >= 11 is 0. The van der Waals surface area contributed by atoms with Crippen molar-refractivity contribution in [2.45, 2.75) is 51.1 Å². The summed E-state index contributed by atoms with van der Waals surface area (Å²) in [7, 11) is 1.60. The van der Waals surface area contributed by atoms with Crippen LogP contribution in [0, 0.1) is 11.8 Å². The van der Waals surface area contributed by atoms with E-state index in [1.807, 2.05) is 30.5 Å². The zero-order chi connectivity index (χ0) is 25.3. The number of carboxylic acid groups (broad SMARTS) is 1. The maximum absolute atomic E-state index is 15.5. The monoisotopic (exact) mass is 493 g/mol. The summed E-state index contributed by atoms with van der Waals surface area (Å²) in [5, 5.41) is 10.1. The maximum Gasteiger partial charge on any atom is 0.303 e. The highest BCUT2D eigenvalue weighted by molar-refractivity contribution is 5.83. The lowest BCUT2D eigenvalue weighted by molar-refractivity contribution is -0.137. The highest BCUT2D eigenvalue weighted by atomic mass is 19.1. The molecule has 1 aliphatic heterocycles. The van der Waals surface area contributed by atoms with E-state index in [2.05, 4.69) is 20.9 Å². The van der Waals surface area contributed by atoms with Gasteiger partial charge in [-0.1, -0.05) is 6.07 Å². The largest absolute Gasteiger partial charge is 0.497 e. The molecular weight excluding hydrogens is 457 g/mol. The number of benzene rings is 1. The second kappa shape index (κ2) is 12.8. The summed E-state index contributed by atoms with van der Waals surface area (Å²) in [6.07, 6.45) is 9.27. The van der Waals surface area contributed by atoms with Gasteiger partial charge in [-0.15, -0.1) is 0 Å². The molecule has 3 heterocycles. The van der Waals surface area contributed by atoms with Crippen LogP contribution in [0.1, 0.15) is 55.8 Å². The molecular formula is C29H36FN3O3. The van der Waals surface area contributed by atoms with Crippen LogP contribution in [0.3, 0.4) is 0 Å². The summed E-state index contributed by atoms with van der Waals surface area (Å²) < 4.78 is 20.9. The van der Waals surface area contributed by atoms with E-state index in [1.165, 1.54) is 5.56 Å². The first-order chi connectivity index (χ1) is 17.5. The number of pyridine rings is 2. The molecule has 0 bridgehead atoms. The third kappa shape index (κ3) is 7.00. The van der Waals surface area contributed by atoms with Crippen LogP contribution in [0.4, 0.5) is 4.39 Å². The van der Waals surface area contributed by atoms with Gasteiger partial charge in [-0.2, -0.15) is 0 Å². The standard InChI is InChI=1S/C29H36FN3O3/c1-36-24-8-10-28-26(18-24)25(12-15-32-28)27(30)9-6-22-13-17-33(20-23(22)7-11-29(34)35)16-3-5-21-4-2-14-31-19-21/h2,4,8,10,12,14-15,18-19,22-23,27H,3,5-7,9,11,13,16-17,20H2,1H3,(H,34,35)/t22-,23+,27?/m1/s1. The van der Waals surface area contributed by atoms with Gasteiger partial charge in [-0.25, -0.2) is 4.39 Å². The Kier molecular flexibility index (Phi) is 9.23. The van der Waals surface area contributed by atoms with Crippen LogP contribution < -0.4 is 4.74 Å². The highest BCUT2D eigenvalue weighted by Crippen LogP contribution is 2.36. The van der Waals surface area contributed by atoms with Gasteiger partial charge in [0.25, 0.3) is 0 Å². The van der Waals surface area contributed by atoms with Crippen LogP contribution in [0.15, 0.2) is 55.0 Å². The Bertz CT molecular complexity index is 1130. The van der Waals surface area contributed by atoms with Crippen molar-refractivity contribution in [2.24, 2.45) is 11.8 Å². The third-order valence-corrected chi connectivity index (χ3v) is 7.48. The summed E-state index contributed by atoms with van der Waals surface area (Å²) in [4.78, 5) is 22.3. The molecule has 192 valence electrons. The molecule has 7 heteroatoms. The van der Waals surface area contributed by atoms with Gasteiger partial charge in [0.2, 0.25) is 0 Å². The van der Waals surface area contributed by atoms with E-state index in [-0.39, 0.29) is 12.3 Å². The summed E-state index contributed by atoms with van der Waals surface area (Å²) in [6.45, 7) is 2.85. The number of methoxy groups -OCH3 is 1. The minimum Gasteiger partial charge on any atom is -0.497 e. The number of ether oxygens (including phenoxy) is 1. The first kappa shape index (κ1) is 26.0. The van der Waals surface area contributed by atoms with Crippen molar-refractivity contribution in [1.82, 2.24) is 14.9 Å². The zero-order valence-corrected chi connectivity index (χ0v) is 21.0. The van der Waals surface area contributed by atoms with E-state index in [1.54, 1.807) is 25.6 Å². The van der Waals surface area contributed by atoms with Gasteiger partial charge in [-0.05, 0) is 105 Å². The van der Waals surface area contributed by atoms with Gasteiger partial charge >= 0.3 is 5.97 Å². The maximum atomic E-state index is 15.5. The third-order valence-electron chi connectivity index (χ3n) is 7.48. The fourth-order valence-electron chi connectivity index (χ4n) is 5.49. The SMILES string of the molecule is COc1ccc2nccc(C(F)CC[C@@H]3CCN(CCCc4cccnc4)C[C@@H]3CCC(=O)O)c2c1. The van der Waals surface area contributed by atoms with Gasteiger partial charge in [0.15, 0.2) is 0 Å². The molecule has 1 unspecified atom stereocenters. The quantitative estimate of drug-likeness (QED) is 0.340. The van der Waals surface area contributed by atoms with Crippen LogP contribution in [0.2, 0.25) is 0 Å². The fourth-order valence-corrected chi connectivity index (χ4v) is 5.49. The van der Waals surface area contributed by atoms with Gasteiger partial charge in [0.1, 0.15) is 11.9 Å². The Hall–Kier alpha value is -3.06. The number of hydrogen-bond acceptors (Lipinski definition) is 5. The van der Waals surface area contributed by atoms with Crippen molar-refractivity contribution >= 4 is 16.9 Å². The van der Waals surface area contributed by atoms with E-state index in [0.29, 0.717) is 30.1 Å². The van der Waals surface area contributed by atoms with Crippen molar-refractivity contribution < 1.29 is 19.0 Å². The highest BCUT2D eigenvalue weighted by Gasteiger charge is 2.30. The van der Waals surface area contributed by atoms with Crippen molar-refractivity contribution in [3.8, 4) is 5.75 Å². The van der Waals surface area contributed by atoms with E-state index < -0.39 is 12.1 Å². The van der Waals surface area contributed by atoms with Crippen molar-refractivity contribution in [3.05, 3.63) is 66.1 Å². The fraction of sp³-hybridized carbons (Fsp3) is 0.483. The van der Waals surface area contributed by atoms with Gasteiger partial charge in [-0.3, -0.25) is 14.8 Å². The smallest absolute Gasteiger partial charge is 0.303 e. The lowest BCUT2D eigenvalue weighted by atomic mass is 9.79. The number of piperidine rings is 1. The van der Waals surface area contributed by atoms with Crippen LogP contribution in [-0.2, 0) is 11.2 Å². The molecule has 36 heavy (non-hydrogen) atoms.